The van der Waals surface area contributed by atoms with Crippen LogP contribution in [-0.4, -0.2) is 43.0 Å². The van der Waals surface area contributed by atoms with Crippen LogP contribution in [0.5, 0.6) is 0 Å². The summed E-state index contributed by atoms with van der Waals surface area (Å²) < 4.78 is 13.1. The van der Waals surface area contributed by atoms with E-state index in [0.29, 0.717) is 0 Å². The van der Waals surface area contributed by atoms with Crippen molar-refractivity contribution in [1.82, 2.24) is 4.90 Å². The molecule has 144 valence electrons. The van der Waals surface area contributed by atoms with Crippen LogP contribution in [0.3, 0.4) is 0 Å². The van der Waals surface area contributed by atoms with E-state index in [4.69, 9.17) is 0 Å². The highest BCUT2D eigenvalue weighted by Gasteiger charge is 2.26. The van der Waals surface area contributed by atoms with E-state index in [2.05, 4.69) is 34.2 Å². The van der Waals surface area contributed by atoms with Gasteiger partial charge in [-0.3, -0.25) is 9.69 Å². The normalized spacial score (nSPS) is 16.3. The lowest BCUT2D eigenvalue weighted by Crippen LogP contribution is -2.52. The largest absolute Gasteiger partial charge is 0.369 e. The second-order valence-electron chi connectivity index (χ2n) is 7.44. The topological polar surface area (TPSA) is 35.6 Å². The van der Waals surface area contributed by atoms with E-state index in [1.807, 2.05) is 32.9 Å². The molecule has 2 aromatic carbocycles. The molecule has 1 aliphatic rings. The summed E-state index contributed by atoms with van der Waals surface area (Å²) >= 11 is 0. The van der Waals surface area contributed by atoms with Crippen molar-refractivity contribution in [3.05, 3.63) is 58.9 Å². The fourth-order valence-corrected chi connectivity index (χ4v) is 3.79. The standard InChI is InChI=1S/C22H28FN3O/c1-15-13-16(2)21(17(3)14-15)24-22(27)18(4)25-9-11-26(12-10-25)20-7-5-19(23)6-8-20/h5-8,13-14,18H,9-12H2,1-4H3,(H,24,27)/t18-/m0/s1. The van der Waals surface area contributed by atoms with Gasteiger partial charge in [0.15, 0.2) is 0 Å². The van der Waals surface area contributed by atoms with E-state index >= 15 is 0 Å². The van der Waals surface area contributed by atoms with Crippen LogP contribution >= 0.6 is 0 Å². The lowest BCUT2D eigenvalue weighted by molar-refractivity contribution is -0.120. The molecule has 4 nitrogen and oxygen atoms in total. The van der Waals surface area contributed by atoms with E-state index < -0.39 is 0 Å². The molecular formula is C22H28FN3O. The van der Waals surface area contributed by atoms with Gasteiger partial charge in [0, 0.05) is 37.6 Å². The lowest BCUT2D eigenvalue weighted by atomic mass is 10.0. The van der Waals surface area contributed by atoms with Crippen molar-refractivity contribution in [1.29, 1.82) is 0 Å². The van der Waals surface area contributed by atoms with Crippen LogP contribution in [0.15, 0.2) is 36.4 Å². The van der Waals surface area contributed by atoms with E-state index in [1.54, 1.807) is 0 Å². The number of nitrogens with one attached hydrogen (secondary N) is 1. The van der Waals surface area contributed by atoms with E-state index in [-0.39, 0.29) is 17.8 Å². The number of hydrogen-bond acceptors (Lipinski definition) is 3. The molecular weight excluding hydrogens is 341 g/mol. The maximum absolute atomic E-state index is 13.1. The maximum Gasteiger partial charge on any atom is 0.241 e. The van der Waals surface area contributed by atoms with E-state index in [0.717, 1.165) is 48.7 Å². The monoisotopic (exact) mass is 369 g/mol. The number of carbonyl (C=O) groups excluding carboxylic acids is 1. The number of rotatable bonds is 4. The molecule has 1 heterocycles. The molecule has 5 heteroatoms. The van der Waals surface area contributed by atoms with Gasteiger partial charge >= 0.3 is 0 Å². The van der Waals surface area contributed by atoms with Crippen molar-refractivity contribution in [3.8, 4) is 0 Å². The molecule has 0 aromatic heterocycles. The molecule has 0 radical (unpaired) electrons. The van der Waals surface area contributed by atoms with Crippen molar-refractivity contribution in [3.63, 3.8) is 0 Å². The number of amides is 1. The third kappa shape index (κ3) is 4.48. The Morgan fingerprint density at radius 2 is 1.56 bits per heavy atom. The smallest absolute Gasteiger partial charge is 0.241 e. The Morgan fingerprint density at radius 1 is 1.00 bits per heavy atom. The fourth-order valence-electron chi connectivity index (χ4n) is 3.79. The molecule has 1 N–H and O–H groups in total. The van der Waals surface area contributed by atoms with Crippen LogP contribution in [0.25, 0.3) is 0 Å². The maximum atomic E-state index is 13.1. The Bertz CT molecular complexity index is 788. The molecule has 0 unspecified atom stereocenters. The van der Waals surface area contributed by atoms with Gasteiger partial charge in [-0.15, -0.1) is 0 Å². The first-order valence-corrected chi connectivity index (χ1v) is 9.48. The highest BCUT2D eigenvalue weighted by molar-refractivity contribution is 5.96. The Hall–Kier alpha value is -2.40. The van der Waals surface area contributed by atoms with Crippen LogP contribution in [0.1, 0.15) is 23.6 Å². The second kappa shape index (κ2) is 8.09. The van der Waals surface area contributed by atoms with Gasteiger partial charge in [0.2, 0.25) is 5.91 Å². The minimum absolute atomic E-state index is 0.0280. The highest BCUT2D eigenvalue weighted by atomic mass is 19.1. The predicted molar refractivity (Wildman–Crippen MR) is 109 cm³/mol. The van der Waals surface area contributed by atoms with Gasteiger partial charge in [0.05, 0.1) is 6.04 Å². The summed E-state index contributed by atoms with van der Waals surface area (Å²) in [5.41, 5.74) is 5.33. The molecule has 0 spiro atoms. The van der Waals surface area contributed by atoms with Crippen molar-refractivity contribution < 1.29 is 9.18 Å². The fraction of sp³-hybridized carbons (Fsp3) is 0.409. The molecule has 0 aliphatic carbocycles. The van der Waals surface area contributed by atoms with Crippen LogP contribution in [-0.2, 0) is 4.79 Å². The number of anilines is 2. The molecule has 0 bridgehead atoms. The molecule has 1 aliphatic heterocycles. The molecule has 1 atom stereocenters. The summed E-state index contributed by atoms with van der Waals surface area (Å²) in [5.74, 6) is -0.190. The molecule has 3 rings (SSSR count). The van der Waals surface area contributed by atoms with Gasteiger partial charge in [-0.05, 0) is 63.1 Å². The van der Waals surface area contributed by atoms with Crippen LogP contribution in [0.2, 0.25) is 0 Å². The quantitative estimate of drug-likeness (QED) is 0.888. The van der Waals surface area contributed by atoms with Crippen LogP contribution in [0.4, 0.5) is 15.8 Å². The zero-order valence-corrected chi connectivity index (χ0v) is 16.6. The van der Waals surface area contributed by atoms with Crippen molar-refractivity contribution in [2.24, 2.45) is 0 Å². The van der Waals surface area contributed by atoms with Crippen molar-refractivity contribution in [2.45, 2.75) is 33.7 Å². The number of carbonyl (C=O) groups is 1. The summed E-state index contributed by atoms with van der Waals surface area (Å²) in [6.07, 6.45) is 0. The Balaban J connectivity index is 1.59. The Labute approximate surface area is 161 Å². The number of nitrogens with zero attached hydrogens (tertiary/aromatic N) is 2. The number of benzene rings is 2. The average Bonchev–Trinajstić information content (AvgIpc) is 2.64. The number of aryl methyl sites for hydroxylation is 3. The summed E-state index contributed by atoms with van der Waals surface area (Å²) in [5, 5.41) is 3.12. The van der Waals surface area contributed by atoms with Crippen LogP contribution < -0.4 is 10.2 Å². The van der Waals surface area contributed by atoms with Gasteiger partial charge < -0.3 is 10.2 Å². The molecule has 0 saturated carbocycles. The third-order valence-electron chi connectivity index (χ3n) is 5.36. The molecule has 2 aromatic rings. The number of hydrogen-bond donors (Lipinski definition) is 1. The summed E-state index contributed by atoms with van der Waals surface area (Å²) in [6.45, 7) is 11.3. The highest BCUT2D eigenvalue weighted by Crippen LogP contribution is 2.23. The van der Waals surface area contributed by atoms with Gasteiger partial charge in [0.25, 0.3) is 0 Å². The van der Waals surface area contributed by atoms with Gasteiger partial charge in [-0.25, -0.2) is 4.39 Å². The van der Waals surface area contributed by atoms with Crippen molar-refractivity contribution in [2.75, 3.05) is 36.4 Å². The van der Waals surface area contributed by atoms with Gasteiger partial charge in [-0.2, -0.15) is 0 Å². The molecule has 1 amide bonds. The summed E-state index contributed by atoms with van der Waals surface area (Å²) in [6, 6.07) is 10.6. The van der Waals surface area contributed by atoms with Crippen molar-refractivity contribution >= 4 is 17.3 Å². The zero-order chi connectivity index (χ0) is 19.6. The first kappa shape index (κ1) is 19.4. The molecule has 1 saturated heterocycles. The molecule has 1 fully saturated rings. The number of halogens is 1. The van der Waals surface area contributed by atoms with Crippen LogP contribution in [0, 0.1) is 26.6 Å². The number of piperazine rings is 1. The summed E-state index contributed by atoms with van der Waals surface area (Å²) in [7, 11) is 0. The van der Waals surface area contributed by atoms with Gasteiger partial charge in [0.1, 0.15) is 5.82 Å². The van der Waals surface area contributed by atoms with E-state index in [1.165, 1.54) is 17.7 Å². The first-order valence-electron chi connectivity index (χ1n) is 9.48. The third-order valence-corrected chi connectivity index (χ3v) is 5.36. The minimum Gasteiger partial charge on any atom is -0.369 e. The van der Waals surface area contributed by atoms with Gasteiger partial charge in [-0.1, -0.05) is 17.7 Å². The average molecular weight is 369 g/mol. The Kier molecular flexibility index (Phi) is 5.80. The first-order chi connectivity index (χ1) is 12.8. The second-order valence-corrected chi connectivity index (χ2v) is 7.44. The molecule has 27 heavy (non-hydrogen) atoms. The minimum atomic E-state index is -0.218. The Morgan fingerprint density at radius 3 is 2.11 bits per heavy atom. The summed E-state index contributed by atoms with van der Waals surface area (Å²) in [4.78, 5) is 17.2. The SMILES string of the molecule is Cc1cc(C)c(NC(=O)[C@H](C)N2CCN(c3ccc(F)cc3)CC2)c(C)c1. The lowest BCUT2D eigenvalue weighted by Gasteiger charge is -2.38. The van der Waals surface area contributed by atoms with E-state index in [9.17, 15) is 9.18 Å². The zero-order valence-electron chi connectivity index (χ0n) is 16.6. The predicted octanol–water partition coefficient (Wildman–Crippen LogP) is 3.90.